The SMILES string of the molecule is CC1C(=O)OCC2=C1C=C1c3nc4cc5c(cc4c(N4CCSCC4)c3CN1C2)OCO5. The van der Waals surface area contributed by atoms with E-state index in [1.165, 1.54) is 16.8 Å². The summed E-state index contributed by atoms with van der Waals surface area (Å²) in [7, 11) is 0. The molecule has 5 aliphatic heterocycles. The van der Waals surface area contributed by atoms with Crippen LogP contribution in [0.15, 0.2) is 29.4 Å². The first kappa shape index (κ1) is 18.7. The third-order valence-electron chi connectivity index (χ3n) is 7.10. The summed E-state index contributed by atoms with van der Waals surface area (Å²) in [6.07, 6.45) is 2.18. The van der Waals surface area contributed by atoms with Crippen molar-refractivity contribution in [1.29, 1.82) is 0 Å². The van der Waals surface area contributed by atoms with Crippen LogP contribution in [0.5, 0.6) is 11.5 Å². The third kappa shape index (κ3) is 2.62. The van der Waals surface area contributed by atoms with Gasteiger partial charge < -0.3 is 24.0 Å². The van der Waals surface area contributed by atoms with Crippen molar-refractivity contribution in [2.75, 3.05) is 49.4 Å². The number of aromatic nitrogens is 1. The van der Waals surface area contributed by atoms with Crippen LogP contribution in [-0.2, 0) is 16.1 Å². The molecule has 0 saturated carbocycles. The van der Waals surface area contributed by atoms with Crippen LogP contribution in [0, 0.1) is 5.92 Å². The molecule has 0 N–H and O–H groups in total. The number of pyridine rings is 1. The molecule has 0 amide bonds. The number of carbonyl (C=O) groups excluding carboxylic acids is 1. The van der Waals surface area contributed by atoms with Crippen LogP contribution in [0.1, 0.15) is 18.2 Å². The lowest BCUT2D eigenvalue weighted by Gasteiger charge is -2.32. The van der Waals surface area contributed by atoms with Gasteiger partial charge in [-0.05, 0) is 30.2 Å². The molecule has 0 bridgehead atoms. The van der Waals surface area contributed by atoms with Crippen molar-refractivity contribution in [1.82, 2.24) is 9.88 Å². The lowest BCUT2D eigenvalue weighted by molar-refractivity contribution is -0.146. The monoisotopic (exact) mass is 449 g/mol. The van der Waals surface area contributed by atoms with Gasteiger partial charge in [0, 0.05) is 54.7 Å². The second-order valence-electron chi connectivity index (χ2n) is 8.88. The summed E-state index contributed by atoms with van der Waals surface area (Å²) in [6, 6.07) is 4.11. The van der Waals surface area contributed by atoms with Crippen LogP contribution in [0.25, 0.3) is 16.6 Å². The highest BCUT2D eigenvalue weighted by Crippen LogP contribution is 2.47. The summed E-state index contributed by atoms with van der Waals surface area (Å²) in [6.45, 7) is 6.23. The molecule has 1 atom stereocenters. The van der Waals surface area contributed by atoms with E-state index in [4.69, 9.17) is 19.2 Å². The first-order valence-electron chi connectivity index (χ1n) is 11.1. The van der Waals surface area contributed by atoms with Crippen LogP contribution in [0.4, 0.5) is 5.69 Å². The van der Waals surface area contributed by atoms with Gasteiger partial charge in [-0.1, -0.05) is 0 Å². The highest BCUT2D eigenvalue weighted by Gasteiger charge is 2.38. The minimum Gasteiger partial charge on any atom is -0.461 e. The molecular weight excluding hydrogens is 426 g/mol. The average molecular weight is 450 g/mol. The van der Waals surface area contributed by atoms with Crippen LogP contribution < -0.4 is 14.4 Å². The molecule has 2 aromatic rings. The van der Waals surface area contributed by atoms with Crippen molar-refractivity contribution < 1.29 is 19.0 Å². The summed E-state index contributed by atoms with van der Waals surface area (Å²) in [5.74, 6) is 3.43. The van der Waals surface area contributed by atoms with Crippen molar-refractivity contribution in [3.63, 3.8) is 0 Å². The summed E-state index contributed by atoms with van der Waals surface area (Å²) < 4.78 is 16.8. The standard InChI is InChI=1S/C24H23N3O4S/c1-13-15-6-19-22-17(10-27(19)9-14(15)11-29-24(13)28)23(26-2-4-32-5-3-26)16-7-20-21(31-12-30-20)8-18(16)25-22/h6-8,13H,2-5,9-12H2,1H3. The second-order valence-corrected chi connectivity index (χ2v) is 10.1. The largest absolute Gasteiger partial charge is 0.461 e. The Morgan fingerprint density at radius 1 is 1.06 bits per heavy atom. The normalized spacial score (nSPS) is 23.7. The Balaban J connectivity index is 1.44. The molecule has 0 aliphatic carbocycles. The molecule has 1 aromatic heterocycles. The number of esters is 1. The molecule has 1 aromatic carbocycles. The molecule has 6 heterocycles. The lowest BCUT2D eigenvalue weighted by Crippen LogP contribution is -2.34. The van der Waals surface area contributed by atoms with Crippen molar-refractivity contribution in [3.8, 4) is 11.5 Å². The fraction of sp³-hybridized carbons (Fsp3) is 0.417. The van der Waals surface area contributed by atoms with Crippen LogP contribution in [-0.4, -0.2) is 60.4 Å². The Morgan fingerprint density at radius 2 is 1.88 bits per heavy atom. The summed E-state index contributed by atoms with van der Waals surface area (Å²) in [5.41, 5.74) is 7.93. The number of benzene rings is 1. The maximum Gasteiger partial charge on any atom is 0.313 e. The van der Waals surface area contributed by atoms with Crippen molar-refractivity contribution in [2.45, 2.75) is 13.5 Å². The topological polar surface area (TPSA) is 64.1 Å². The zero-order valence-electron chi connectivity index (χ0n) is 17.8. The van der Waals surface area contributed by atoms with Crippen molar-refractivity contribution >= 4 is 40.0 Å². The first-order valence-corrected chi connectivity index (χ1v) is 12.3. The number of carbonyl (C=O) groups is 1. The maximum atomic E-state index is 12.2. The van der Waals surface area contributed by atoms with Gasteiger partial charge in [-0.15, -0.1) is 0 Å². The molecule has 8 heteroatoms. The van der Waals surface area contributed by atoms with Gasteiger partial charge in [-0.25, -0.2) is 4.98 Å². The number of hydrogen-bond donors (Lipinski definition) is 0. The van der Waals surface area contributed by atoms with Gasteiger partial charge >= 0.3 is 5.97 Å². The number of anilines is 1. The van der Waals surface area contributed by atoms with Crippen LogP contribution in [0.2, 0.25) is 0 Å². The van der Waals surface area contributed by atoms with Gasteiger partial charge in [0.05, 0.1) is 28.5 Å². The van der Waals surface area contributed by atoms with E-state index in [-0.39, 0.29) is 18.7 Å². The summed E-state index contributed by atoms with van der Waals surface area (Å²) in [4.78, 5) is 22.2. The molecule has 5 aliphatic rings. The molecule has 1 fully saturated rings. The van der Waals surface area contributed by atoms with Crippen LogP contribution >= 0.6 is 11.8 Å². The fourth-order valence-corrected chi connectivity index (χ4v) is 6.36. The second kappa shape index (κ2) is 6.81. The molecule has 0 radical (unpaired) electrons. The van der Waals surface area contributed by atoms with Gasteiger partial charge in [0.25, 0.3) is 0 Å². The van der Waals surface area contributed by atoms with E-state index in [1.807, 2.05) is 24.8 Å². The minimum absolute atomic E-state index is 0.141. The van der Waals surface area contributed by atoms with Gasteiger partial charge in [0.2, 0.25) is 6.79 Å². The number of fused-ring (bicyclic) bond motifs is 5. The predicted molar refractivity (Wildman–Crippen MR) is 123 cm³/mol. The first-order chi connectivity index (χ1) is 15.7. The molecule has 1 unspecified atom stereocenters. The predicted octanol–water partition coefficient (Wildman–Crippen LogP) is 3.18. The number of nitrogens with zero attached hydrogens (tertiary/aromatic N) is 3. The lowest BCUT2D eigenvalue weighted by atomic mass is 9.90. The number of thioether (sulfide) groups is 1. The zero-order chi connectivity index (χ0) is 21.4. The molecule has 32 heavy (non-hydrogen) atoms. The van der Waals surface area contributed by atoms with Crippen molar-refractivity contribution in [3.05, 3.63) is 40.6 Å². The van der Waals surface area contributed by atoms with E-state index in [2.05, 4.69) is 21.9 Å². The highest BCUT2D eigenvalue weighted by molar-refractivity contribution is 7.99. The van der Waals surface area contributed by atoms with E-state index < -0.39 is 0 Å². The smallest absolute Gasteiger partial charge is 0.313 e. The molecule has 1 saturated heterocycles. The minimum atomic E-state index is -0.231. The van der Waals surface area contributed by atoms with Gasteiger partial charge in [-0.3, -0.25) is 4.79 Å². The molecule has 7 rings (SSSR count). The summed E-state index contributed by atoms with van der Waals surface area (Å²) >= 11 is 2.01. The van der Waals surface area contributed by atoms with E-state index >= 15 is 0 Å². The molecule has 164 valence electrons. The number of allylic oxidation sites excluding steroid dienone is 1. The Kier molecular flexibility index (Phi) is 3.98. The molecule has 0 spiro atoms. The van der Waals surface area contributed by atoms with E-state index in [0.29, 0.717) is 6.61 Å². The quantitative estimate of drug-likeness (QED) is 0.616. The Hall–Kier alpha value is -2.87. The van der Waals surface area contributed by atoms with Gasteiger partial charge in [-0.2, -0.15) is 11.8 Å². The summed E-state index contributed by atoms with van der Waals surface area (Å²) in [5, 5.41) is 1.13. The molecular formula is C24H23N3O4S. The third-order valence-corrected chi connectivity index (χ3v) is 8.04. The number of hydrogen-bond acceptors (Lipinski definition) is 8. The Morgan fingerprint density at radius 3 is 2.72 bits per heavy atom. The number of ether oxygens (including phenoxy) is 3. The van der Waals surface area contributed by atoms with E-state index in [0.717, 1.165) is 77.1 Å². The van der Waals surface area contributed by atoms with Gasteiger partial charge in [0.15, 0.2) is 11.5 Å². The van der Waals surface area contributed by atoms with E-state index in [1.54, 1.807) is 0 Å². The Bertz CT molecular complexity index is 1250. The Labute approximate surface area is 190 Å². The maximum absolute atomic E-state index is 12.2. The zero-order valence-corrected chi connectivity index (χ0v) is 18.7. The van der Waals surface area contributed by atoms with Crippen LogP contribution in [0.3, 0.4) is 0 Å². The molecule has 7 nitrogen and oxygen atoms in total. The number of cyclic esters (lactones) is 1. The number of rotatable bonds is 1. The van der Waals surface area contributed by atoms with E-state index in [9.17, 15) is 4.79 Å². The highest BCUT2D eigenvalue weighted by atomic mass is 32.2. The average Bonchev–Trinajstić information content (AvgIpc) is 3.41. The van der Waals surface area contributed by atoms with Gasteiger partial charge in [0.1, 0.15) is 6.61 Å². The fourth-order valence-electron chi connectivity index (χ4n) is 5.45. The van der Waals surface area contributed by atoms with Crippen molar-refractivity contribution in [2.24, 2.45) is 5.92 Å².